The number of alkyl halides is 3. The molecule has 1 unspecified atom stereocenters. The van der Waals surface area contributed by atoms with E-state index in [1.165, 1.54) is 22.8 Å². The number of nitrogens with two attached hydrogens (primary N) is 2. The number of carbonyl (C=O) groups excluding carboxylic acids is 2. The molecule has 6 N–H and O–H groups in total. The van der Waals surface area contributed by atoms with E-state index in [9.17, 15) is 22.8 Å². The average molecular weight is 535 g/mol. The first-order valence-electron chi connectivity index (χ1n) is 12.8. The Hall–Kier alpha value is -3.23. The van der Waals surface area contributed by atoms with Gasteiger partial charge < -0.3 is 22.1 Å². The van der Waals surface area contributed by atoms with Crippen molar-refractivity contribution in [2.75, 3.05) is 0 Å². The third kappa shape index (κ3) is 9.58. The summed E-state index contributed by atoms with van der Waals surface area (Å²) < 4.78 is 38.4. The average Bonchev–Trinajstić information content (AvgIpc) is 3.16. The summed E-state index contributed by atoms with van der Waals surface area (Å²) in [7, 11) is 0. The number of fused-ring (bicyclic) bond motifs is 1. The van der Waals surface area contributed by atoms with E-state index < -0.39 is 23.8 Å². The van der Waals surface area contributed by atoms with Crippen LogP contribution in [-0.2, 0) is 31.0 Å². The van der Waals surface area contributed by atoms with Gasteiger partial charge in [0.25, 0.3) is 0 Å². The van der Waals surface area contributed by atoms with Crippen molar-refractivity contribution in [1.29, 1.82) is 0 Å². The number of primary amides is 2. The fourth-order valence-electron chi connectivity index (χ4n) is 4.31. The van der Waals surface area contributed by atoms with Gasteiger partial charge in [-0.15, -0.1) is 0 Å². The van der Waals surface area contributed by atoms with Crippen LogP contribution in [0, 0.1) is 5.41 Å². The number of aryl methyl sites for hydroxylation is 2. The predicted octanol–water partition coefficient (Wildman–Crippen LogP) is 6.49. The summed E-state index contributed by atoms with van der Waals surface area (Å²) in [6, 6.07) is 9.08. The lowest BCUT2D eigenvalue weighted by atomic mass is 9.85. The number of amides is 4. The number of benzene rings is 2. The lowest BCUT2D eigenvalue weighted by Crippen LogP contribution is -2.32. The number of hydrogen-bond donors (Lipinski definition) is 4. The number of urea groups is 2. The van der Waals surface area contributed by atoms with E-state index in [-0.39, 0.29) is 23.4 Å². The second kappa shape index (κ2) is 12.1. The molecule has 6 nitrogen and oxygen atoms in total. The van der Waals surface area contributed by atoms with Crippen molar-refractivity contribution in [2.24, 2.45) is 16.9 Å². The number of halogens is 3. The molecule has 2 aromatic rings. The maximum absolute atomic E-state index is 12.8. The molecule has 0 heterocycles. The summed E-state index contributed by atoms with van der Waals surface area (Å²) in [6.45, 7) is 12.9. The Kier molecular flexibility index (Phi) is 9.86. The molecule has 38 heavy (non-hydrogen) atoms. The van der Waals surface area contributed by atoms with Gasteiger partial charge in [-0.3, -0.25) is 0 Å². The minimum atomic E-state index is -4.37. The van der Waals surface area contributed by atoms with Gasteiger partial charge in [-0.05, 0) is 76.5 Å². The molecule has 9 heteroatoms. The lowest BCUT2D eigenvalue weighted by Gasteiger charge is -2.20. The smallest absolute Gasteiger partial charge is 0.352 e. The minimum absolute atomic E-state index is 0.0165. The van der Waals surface area contributed by atoms with Crippen molar-refractivity contribution in [1.82, 2.24) is 10.6 Å². The highest BCUT2D eigenvalue weighted by Gasteiger charge is 2.31. The second-order valence-corrected chi connectivity index (χ2v) is 12.0. The first-order chi connectivity index (χ1) is 17.4. The van der Waals surface area contributed by atoms with Crippen molar-refractivity contribution >= 4 is 12.1 Å². The SMILES string of the molecule is CC(C)(C)CCc1cc(C(F)(F)F)ccc1CNC(N)=O.CC(C)(C)c1ccc2c(c1)CCC2NC(N)=O. The molecule has 0 fully saturated rings. The summed E-state index contributed by atoms with van der Waals surface area (Å²) in [4.78, 5) is 21.7. The predicted molar refractivity (Wildman–Crippen MR) is 145 cm³/mol. The van der Waals surface area contributed by atoms with Crippen LogP contribution in [0.1, 0.15) is 93.8 Å². The summed E-state index contributed by atoms with van der Waals surface area (Å²) >= 11 is 0. The van der Waals surface area contributed by atoms with Gasteiger partial charge in [0, 0.05) is 6.54 Å². The fraction of sp³-hybridized carbons (Fsp3) is 0.517. The summed E-state index contributed by atoms with van der Waals surface area (Å²) in [5.74, 6) is 0. The molecule has 1 aliphatic rings. The number of nitrogens with one attached hydrogen (secondary N) is 2. The highest BCUT2D eigenvalue weighted by Crippen LogP contribution is 2.35. The second-order valence-electron chi connectivity index (χ2n) is 12.0. The van der Waals surface area contributed by atoms with E-state index in [2.05, 4.69) is 49.6 Å². The van der Waals surface area contributed by atoms with Crippen LogP contribution < -0.4 is 22.1 Å². The molecule has 0 saturated carbocycles. The highest BCUT2D eigenvalue weighted by atomic mass is 19.4. The van der Waals surface area contributed by atoms with Crippen molar-refractivity contribution in [3.05, 3.63) is 69.8 Å². The molecule has 210 valence electrons. The highest BCUT2D eigenvalue weighted by molar-refractivity contribution is 5.72. The maximum atomic E-state index is 12.8. The normalized spacial score (nSPS) is 15.2. The summed E-state index contributed by atoms with van der Waals surface area (Å²) in [5, 5.41) is 5.21. The summed E-state index contributed by atoms with van der Waals surface area (Å²) in [6.07, 6.45) is -1.14. The molecular weight excluding hydrogens is 493 g/mol. The molecule has 4 amide bonds. The van der Waals surface area contributed by atoms with Crippen LogP contribution in [0.15, 0.2) is 36.4 Å². The standard InChI is InChI=1S/C15H21F3N2O.C14H20N2O/c1-14(2,3)7-6-10-8-12(15(16,17)18)5-4-11(10)9-20-13(19)21;1-14(2,3)10-5-6-11-9(8-10)4-7-12(11)16-13(15)17/h4-5,8H,6-7,9H2,1-3H3,(H3,19,20,21);5-6,8,12H,4,7H2,1-3H3,(H3,15,16,17). The zero-order valence-electron chi connectivity index (χ0n) is 23.2. The molecular formula is C29H41F3N4O2. The van der Waals surface area contributed by atoms with E-state index in [0.29, 0.717) is 17.5 Å². The molecule has 0 bridgehead atoms. The van der Waals surface area contributed by atoms with Crippen molar-refractivity contribution in [3.8, 4) is 0 Å². The molecule has 0 aliphatic heterocycles. The van der Waals surface area contributed by atoms with Crippen LogP contribution in [0.3, 0.4) is 0 Å². The molecule has 0 saturated heterocycles. The van der Waals surface area contributed by atoms with Gasteiger partial charge in [-0.2, -0.15) is 13.2 Å². The van der Waals surface area contributed by atoms with Crippen LogP contribution in [0.2, 0.25) is 0 Å². The monoisotopic (exact) mass is 534 g/mol. The first-order valence-corrected chi connectivity index (χ1v) is 12.8. The Labute approximate surface area is 223 Å². The van der Waals surface area contributed by atoms with Crippen LogP contribution in [0.4, 0.5) is 22.8 Å². The van der Waals surface area contributed by atoms with Gasteiger partial charge in [-0.1, -0.05) is 65.8 Å². The van der Waals surface area contributed by atoms with Gasteiger partial charge in [-0.25, -0.2) is 9.59 Å². The van der Waals surface area contributed by atoms with Gasteiger partial charge in [0.15, 0.2) is 0 Å². The third-order valence-electron chi connectivity index (χ3n) is 6.53. The number of hydrogen-bond acceptors (Lipinski definition) is 2. The van der Waals surface area contributed by atoms with E-state index in [1.54, 1.807) is 0 Å². The molecule has 1 aliphatic carbocycles. The Bertz CT molecular complexity index is 1130. The van der Waals surface area contributed by atoms with Crippen molar-refractivity contribution < 1.29 is 22.8 Å². The van der Waals surface area contributed by atoms with E-state index in [1.807, 2.05) is 20.8 Å². The van der Waals surface area contributed by atoms with Crippen LogP contribution in [0.25, 0.3) is 0 Å². The largest absolute Gasteiger partial charge is 0.416 e. The van der Waals surface area contributed by atoms with Crippen molar-refractivity contribution in [3.63, 3.8) is 0 Å². The number of carbonyl (C=O) groups is 2. The topological polar surface area (TPSA) is 110 Å². The van der Waals surface area contributed by atoms with Gasteiger partial charge in [0.2, 0.25) is 0 Å². The Morgan fingerprint density at radius 1 is 0.895 bits per heavy atom. The molecule has 3 rings (SSSR count). The Morgan fingerprint density at radius 2 is 1.53 bits per heavy atom. The molecule has 1 atom stereocenters. The quantitative estimate of drug-likeness (QED) is 0.351. The summed E-state index contributed by atoms with van der Waals surface area (Å²) in [5.41, 5.74) is 14.9. The van der Waals surface area contributed by atoms with Crippen LogP contribution >= 0.6 is 0 Å². The van der Waals surface area contributed by atoms with Crippen LogP contribution in [-0.4, -0.2) is 12.1 Å². The van der Waals surface area contributed by atoms with Crippen LogP contribution in [0.5, 0.6) is 0 Å². The third-order valence-corrected chi connectivity index (χ3v) is 6.53. The number of rotatable bonds is 5. The minimum Gasteiger partial charge on any atom is -0.352 e. The zero-order chi connectivity index (χ0) is 28.9. The van der Waals surface area contributed by atoms with Crippen molar-refractivity contribution in [2.45, 2.75) is 91.4 Å². The molecule has 0 spiro atoms. The lowest BCUT2D eigenvalue weighted by molar-refractivity contribution is -0.137. The molecule has 2 aromatic carbocycles. The van der Waals surface area contributed by atoms with E-state index in [4.69, 9.17) is 11.5 Å². The molecule has 0 radical (unpaired) electrons. The van der Waals surface area contributed by atoms with Gasteiger partial charge in [0.1, 0.15) is 0 Å². The fourth-order valence-corrected chi connectivity index (χ4v) is 4.31. The van der Waals surface area contributed by atoms with E-state index in [0.717, 1.165) is 31.4 Å². The maximum Gasteiger partial charge on any atom is 0.416 e. The van der Waals surface area contributed by atoms with Gasteiger partial charge in [0.05, 0.1) is 11.6 Å². The Balaban J connectivity index is 0.000000272. The first kappa shape index (κ1) is 31.0. The zero-order valence-corrected chi connectivity index (χ0v) is 23.2. The van der Waals surface area contributed by atoms with E-state index >= 15 is 0 Å². The van der Waals surface area contributed by atoms with Gasteiger partial charge >= 0.3 is 18.2 Å². The Morgan fingerprint density at radius 3 is 2.05 bits per heavy atom. The molecule has 0 aromatic heterocycles.